The first kappa shape index (κ1) is 15.1. The molecule has 0 aliphatic rings. The largest absolute Gasteiger partial charge is 0.416 e. The molecule has 6 heteroatoms. The Bertz CT molecular complexity index is 650. The molecule has 0 radical (unpaired) electrons. The first-order valence-corrected chi connectivity index (χ1v) is 7.07. The van der Waals surface area contributed by atoms with Crippen LogP contribution in [0.25, 0.3) is 11.0 Å². The molecule has 0 amide bonds. The summed E-state index contributed by atoms with van der Waals surface area (Å²) in [6.45, 7) is 4.94. The maximum absolute atomic E-state index is 12.7. The highest BCUT2D eigenvalue weighted by molar-refractivity contribution is 7.71. The number of hydrogen-bond acceptors (Lipinski definition) is 1. The molecule has 1 aromatic heterocycles. The maximum atomic E-state index is 12.7. The molecule has 1 aromatic carbocycles. The van der Waals surface area contributed by atoms with Gasteiger partial charge in [-0.25, -0.2) is 0 Å². The Kier molecular flexibility index (Phi) is 4.22. The fraction of sp³-hybridized carbons (Fsp3) is 0.500. The van der Waals surface area contributed by atoms with E-state index in [1.54, 1.807) is 0 Å². The van der Waals surface area contributed by atoms with Crippen molar-refractivity contribution in [1.82, 2.24) is 9.55 Å². The number of aromatic nitrogens is 2. The molecule has 0 aliphatic carbocycles. The first-order chi connectivity index (χ1) is 9.36. The quantitative estimate of drug-likeness (QED) is 0.774. The highest BCUT2D eigenvalue weighted by Gasteiger charge is 2.30. The van der Waals surface area contributed by atoms with Crippen molar-refractivity contribution < 1.29 is 13.2 Å². The van der Waals surface area contributed by atoms with E-state index in [-0.39, 0.29) is 0 Å². The molecule has 0 atom stereocenters. The Morgan fingerprint density at radius 1 is 1.25 bits per heavy atom. The van der Waals surface area contributed by atoms with Crippen LogP contribution in [0, 0.1) is 10.7 Å². The zero-order valence-electron chi connectivity index (χ0n) is 11.4. The van der Waals surface area contributed by atoms with Gasteiger partial charge in [0.15, 0.2) is 4.77 Å². The van der Waals surface area contributed by atoms with Crippen LogP contribution in [0.3, 0.4) is 0 Å². The van der Waals surface area contributed by atoms with Gasteiger partial charge in [0.05, 0.1) is 16.6 Å². The Morgan fingerprint density at radius 3 is 2.45 bits per heavy atom. The van der Waals surface area contributed by atoms with Crippen LogP contribution in [0.1, 0.15) is 32.3 Å². The van der Waals surface area contributed by atoms with Crippen LogP contribution in [-0.4, -0.2) is 9.55 Å². The van der Waals surface area contributed by atoms with Gasteiger partial charge in [0, 0.05) is 6.54 Å². The Hall–Kier alpha value is -1.30. The van der Waals surface area contributed by atoms with Crippen molar-refractivity contribution in [2.24, 2.45) is 5.92 Å². The van der Waals surface area contributed by atoms with Gasteiger partial charge in [0.2, 0.25) is 0 Å². The monoisotopic (exact) mass is 302 g/mol. The zero-order valence-corrected chi connectivity index (χ0v) is 12.2. The number of rotatable bonds is 4. The van der Waals surface area contributed by atoms with Crippen molar-refractivity contribution in [3.8, 4) is 0 Å². The lowest BCUT2D eigenvalue weighted by molar-refractivity contribution is -0.137. The molecule has 2 aromatic rings. The van der Waals surface area contributed by atoms with E-state index in [2.05, 4.69) is 18.8 Å². The fourth-order valence-corrected chi connectivity index (χ4v) is 2.61. The van der Waals surface area contributed by atoms with Crippen LogP contribution >= 0.6 is 12.2 Å². The molecular weight excluding hydrogens is 285 g/mol. The number of nitrogens with zero attached hydrogens (tertiary/aromatic N) is 1. The molecule has 0 saturated carbocycles. The number of halogens is 3. The van der Waals surface area contributed by atoms with Crippen molar-refractivity contribution in [2.45, 2.75) is 39.4 Å². The molecule has 0 spiro atoms. The van der Waals surface area contributed by atoms with Gasteiger partial charge in [-0.3, -0.25) is 0 Å². The number of aromatic amines is 1. The highest BCUT2D eigenvalue weighted by Crippen LogP contribution is 2.31. The van der Waals surface area contributed by atoms with Gasteiger partial charge in [-0.2, -0.15) is 13.2 Å². The van der Waals surface area contributed by atoms with E-state index in [1.807, 2.05) is 4.57 Å². The minimum Gasteiger partial charge on any atom is -0.331 e. The molecule has 0 aliphatic heterocycles. The number of benzene rings is 1. The summed E-state index contributed by atoms with van der Waals surface area (Å²) in [5, 5.41) is 0. The topological polar surface area (TPSA) is 20.7 Å². The van der Waals surface area contributed by atoms with Crippen LogP contribution in [0.15, 0.2) is 18.2 Å². The third-order valence-corrected chi connectivity index (χ3v) is 4.02. The summed E-state index contributed by atoms with van der Waals surface area (Å²) in [5.41, 5.74) is 0.515. The summed E-state index contributed by atoms with van der Waals surface area (Å²) in [5.74, 6) is 0.475. The highest BCUT2D eigenvalue weighted by atomic mass is 32.1. The summed E-state index contributed by atoms with van der Waals surface area (Å²) < 4.78 is 40.5. The van der Waals surface area contributed by atoms with Crippen LogP contribution < -0.4 is 0 Å². The van der Waals surface area contributed by atoms with Gasteiger partial charge in [0.1, 0.15) is 0 Å². The van der Waals surface area contributed by atoms with Gasteiger partial charge < -0.3 is 9.55 Å². The van der Waals surface area contributed by atoms with Crippen molar-refractivity contribution in [2.75, 3.05) is 0 Å². The average molecular weight is 302 g/mol. The minimum absolute atomic E-state index is 0.441. The van der Waals surface area contributed by atoms with E-state index in [0.717, 1.165) is 37.0 Å². The average Bonchev–Trinajstić information content (AvgIpc) is 2.69. The number of alkyl halides is 3. The molecule has 0 bridgehead atoms. The Balaban J connectivity index is 2.48. The van der Waals surface area contributed by atoms with Gasteiger partial charge in [0.25, 0.3) is 0 Å². The zero-order chi connectivity index (χ0) is 14.9. The predicted molar refractivity (Wildman–Crippen MR) is 76.2 cm³/mol. The maximum Gasteiger partial charge on any atom is 0.416 e. The molecule has 20 heavy (non-hydrogen) atoms. The molecule has 0 saturated heterocycles. The summed E-state index contributed by atoms with van der Waals surface area (Å²) in [4.78, 5) is 2.87. The normalized spacial score (nSPS) is 12.5. The molecule has 110 valence electrons. The third-order valence-electron chi connectivity index (χ3n) is 3.70. The second-order valence-corrected chi connectivity index (χ2v) is 5.34. The predicted octanol–water partition coefficient (Wildman–Crippen LogP) is 5.15. The molecule has 1 heterocycles. The van der Waals surface area contributed by atoms with Crippen molar-refractivity contribution in [3.05, 3.63) is 28.5 Å². The molecule has 0 fully saturated rings. The van der Waals surface area contributed by atoms with Gasteiger partial charge in [-0.05, 0) is 36.3 Å². The minimum atomic E-state index is -4.33. The lowest BCUT2D eigenvalue weighted by atomic mass is 10.0. The number of imidazole rings is 1. The number of H-pyrrole nitrogens is 1. The van der Waals surface area contributed by atoms with Crippen LogP contribution in [0.2, 0.25) is 0 Å². The number of nitrogens with one attached hydrogen (secondary N) is 1. The SMILES string of the molecule is CCC(CC)Cn1c(=S)[nH]c2cc(C(F)(F)F)ccc21. The second kappa shape index (κ2) is 5.60. The van der Waals surface area contributed by atoms with Crippen LogP contribution in [-0.2, 0) is 12.7 Å². The van der Waals surface area contributed by atoms with E-state index in [0.29, 0.717) is 16.2 Å². The van der Waals surface area contributed by atoms with Crippen LogP contribution in [0.5, 0.6) is 0 Å². The number of fused-ring (bicyclic) bond motifs is 1. The molecular formula is C14H17F3N2S. The van der Waals surface area contributed by atoms with E-state index >= 15 is 0 Å². The van der Waals surface area contributed by atoms with E-state index in [9.17, 15) is 13.2 Å². The molecule has 1 N–H and O–H groups in total. The van der Waals surface area contributed by atoms with Crippen LogP contribution in [0.4, 0.5) is 13.2 Å². The fourth-order valence-electron chi connectivity index (χ4n) is 2.33. The molecule has 2 nitrogen and oxygen atoms in total. The standard InChI is InChI=1S/C14H17F3N2S/c1-3-9(4-2)8-19-12-6-5-10(14(15,16)17)7-11(12)18-13(19)20/h5-7,9H,3-4,8H2,1-2H3,(H,18,20). The number of hydrogen-bond donors (Lipinski definition) is 1. The van der Waals surface area contributed by atoms with Gasteiger partial charge in [-0.1, -0.05) is 26.7 Å². The van der Waals surface area contributed by atoms with E-state index in [1.165, 1.54) is 6.07 Å². The van der Waals surface area contributed by atoms with Crippen molar-refractivity contribution in [1.29, 1.82) is 0 Å². The smallest absolute Gasteiger partial charge is 0.331 e. The van der Waals surface area contributed by atoms with E-state index < -0.39 is 11.7 Å². The Morgan fingerprint density at radius 2 is 1.90 bits per heavy atom. The summed E-state index contributed by atoms with van der Waals surface area (Å²) in [6.07, 6.45) is -2.29. The summed E-state index contributed by atoms with van der Waals surface area (Å²) in [7, 11) is 0. The van der Waals surface area contributed by atoms with Crippen molar-refractivity contribution >= 4 is 23.3 Å². The first-order valence-electron chi connectivity index (χ1n) is 6.66. The summed E-state index contributed by atoms with van der Waals surface area (Å²) in [6, 6.07) is 3.72. The summed E-state index contributed by atoms with van der Waals surface area (Å²) >= 11 is 5.23. The van der Waals surface area contributed by atoms with Crippen molar-refractivity contribution in [3.63, 3.8) is 0 Å². The molecule has 0 unspecified atom stereocenters. The molecule has 2 rings (SSSR count). The van der Waals surface area contributed by atoms with Gasteiger partial charge in [-0.15, -0.1) is 0 Å². The van der Waals surface area contributed by atoms with Gasteiger partial charge >= 0.3 is 6.18 Å². The van der Waals surface area contributed by atoms with E-state index in [4.69, 9.17) is 12.2 Å². The lowest BCUT2D eigenvalue weighted by Gasteiger charge is -2.14. The third kappa shape index (κ3) is 2.90. The lowest BCUT2D eigenvalue weighted by Crippen LogP contribution is -2.09. The second-order valence-electron chi connectivity index (χ2n) is 4.95. The Labute approximate surface area is 120 Å².